The number of anilines is 2. The molecule has 10 N–H and O–H groups in total. The van der Waals surface area contributed by atoms with E-state index < -0.39 is 0 Å². The van der Waals surface area contributed by atoms with E-state index in [1.807, 2.05) is 99.6 Å². The summed E-state index contributed by atoms with van der Waals surface area (Å²) >= 11 is 0. The summed E-state index contributed by atoms with van der Waals surface area (Å²) in [6.07, 6.45) is 7.87. The number of nitrogen functional groups attached to an aromatic ring is 2. The molecule has 300 valence electrons. The molecule has 2 amide bonds. The molecule has 0 saturated carbocycles. The van der Waals surface area contributed by atoms with Gasteiger partial charge in [0.15, 0.2) is 0 Å². The standard InChI is InChI=1S/C47H50N10O2/c1-26-18-38-42(22-34(26)48)56(43-23-35(49)27(2)19-39(43)54-38)32-12-8-30(9-13-32)46(58)52-16-6-5-7-17-53-47(59)31-10-14-33(15-11-31)57-44-24-36(50)28(3)20-40(44)55-41-21-29(4)37(51)25-45(41)57/h8-15,18-20,22,24-25,29,35,48H,5-7,16-17,21,23,49H2,1-4H3,(H5,50,51,52,53,58,59)/p+2. The molecule has 2 aliphatic carbocycles. The van der Waals surface area contributed by atoms with Gasteiger partial charge >= 0.3 is 0 Å². The summed E-state index contributed by atoms with van der Waals surface area (Å²) in [5, 5.41) is 6.08. The lowest BCUT2D eigenvalue weighted by Crippen LogP contribution is -2.43. The number of hydrogen-bond acceptors (Lipinski definition) is 8. The number of nitrogens with two attached hydrogens (primary N) is 4. The number of aryl methyl sites for hydroxylation is 2. The molecule has 8 rings (SSSR count). The van der Waals surface area contributed by atoms with Crippen LogP contribution in [-0.2, 0) is 12.8 Å². The smallest absolute Gasteiger partial charge is 0.251 e. The largest absolute Gasteiger partial charge is 0.402 e. The van der Waals surface area contributed by atoms with Gasteiger partial charge in [-0.2, -0.15) is 9.13 Å². The Labute approximate surface area is 344 Å². The first kappa shape index (κ1) is 39.2. The molecule has 12 heteroatoms. The van der Waals surface area contributed by atoms with Crippen molar-refractivity contribution < 1.29 is 18.7 Å². The topological polar surface area (TPSA) is 196 Å². The SMILES string of the molecule is CC1=Cc2nc3cc(C)c(N)cc3[n+](-c3ccc(C(=O)NCCCCCNC(=O)c4ccc(-[n+]5c6c(nc7cc(C)c(N)cc75)CC(C)C(N)=C6)cc4)cc3)c2CC1N. The van der Waals surface area contributed by atoms with Crippen LogP contribution in [0.1, 0.15) is 87.7 Å². The maximum absolute atomic E-state index is 13.1. The monoisotopic (exact) mass is 788 g/mol. The number of fused-ring (bicyclic) bond motifs is 4. The Morgan fingerprint density at radius 3 is 1.80 bits per heavy atom. The third kappa shape index (κ3) is 7.71. The van der Waals surface area contributed by atoms with Crippen LogP contribution < -0.4 is 42.7 Å². The number of aromatic nitrogens is 4. The molecule has 0 radical (unpaired) electrons. The molecule has 2 aliphatic rings. The number of hydrogen-bond donors (Lipinski definition) is 6. The van der Waals surface area contributed by atoms with Crippen LogP contribution in [0.25, 0.3) is 45.6 Å². The van der Waals surface area contributed by atoms with Crippen molar-refractivity contribution >= 4 is 57.4 Å². The summed E-state index contributed by atoms with van der Waals surface area (Å²) in [4.78, 5) is 36.1. The molecule has 2 aromatic heterocycles. The van der Waals surface area contributed by atoms with Gasteiger partial charge in [-0.05, 0) is 93.6 Å². The normalized spacial score (nSPS) is 15.9. The summed E-state index contributed by atoms with van der Waals surface area (Å²) in [6, 6.07) is 23.0. The maximum Gasteiger partial charge on any atom is 0.251 e. The van der Waals surface area contributed by atoms with Crippen molar-refractivity contribution in [2.75, 3.05) is 24.6 Å². The molecule has 12 nitrogen and oxygen atoms in total. The Morgan fingerprint density at radius 2 is 1.22 bits per heavy atom. The third-order valence-electron chi connectivity index (χ3n) is 11.7. The van der Waals surface area contributed by atoms with Crippen molar-refractivity contribution in [1.29, 1.82) is 0 Å². The average Bonchev–Trinajstić information content (AvgIpc) is 3.21. The molecule has 0 aliphatic heterocycles. The van der Waals surface area contributed by atoms with Crippen LogP contribution in [0.2, 0.25) is 0 Å². The van der Waals surface area contributed by atoms with Crippen molar-refractivity contribution in [3.05, 3.63) is 129 Å². The molecule has 0 spiro atoms. The van der Waals surface area contributed by atoms with Crippen molar-refractivity contribution in [3.8, 4) is 11.4 Å². The lowest BCUT2D eigenvalue weighted by atomic mass is 9.93. The average molecular weight is 789 g/mol. The van der Waals surface area contributed by atoms with Crippen LogP contribution in [0, 0.1) is 19.8 Å². The number of benzene rings is 4. The van der Waals surface area contributed by atoms with E-state index in [4.69, 9.17) is 32.9 Å². The van der Waals surface area contributed by atoms with Crippen LogP contribution >= 0.6 is 0 Å². The summed E-state index contributed by atoms with van der Waals surface area (Å²) in [6.45, 7) is 9.17. The highest BCUT2D eigenvalue weighted by Gasteiger charge is 2.31. The fourth-order valence-corrected chi connectivity index (χ4v) is 7.99. The molecular formula is C47H52N10O2+2. The maximum atomic E-state index is 13.1. The minimum absolute atomic E-state index is 0.103. The van der Waals surface area contributed by atoms with Gasteiger partial charge in [-0.25, -0.2) is 9.97 Å². The van der Waals surface area contributed by atoms with Crippen LogP contribution in [0.3, 0.4) is 0 Å². The first-order chi connectivity index (χ1) is 28.4. The number of allylic oxidation sites excluding steroid dienone is 1. The van der Waals surface area contributed by atoms with Gasteiger partial charge in [0, 0.05) is 102 Å². The van der Waals surface area contributed by atoms with Crippen molar-refractivity contribution in [2.45, 2.75) is 65.8 Å². The van der Waals surface area contributed by atoms with Gasteiger partial charge in [0.1, 0.15) is 22.4 Å². The molecule has 59 heavy (non-hydrogen) atoms. The summed E-state index contributed by atoms with van der Waals surface area (Å²) in [7, 11) is 0. The number of unbranched alkanes of at least 4 members (excludes halogenated alkanes) is 2. The molecule has 2 atom stereocenters. The van der Waals surface area contributed by atoms with Crippen LogP contribution in [0.15, 0.2) is 84.1 Å². The van der Waals surface area contributed by atoms with E-state index in [2.05, 4.69) is 32.8 Å². The molecule has 0 saturated heterocycles. The first-order valence-corrected chi connectivity index (χ1v) is 20.3. The number of carbonyl (C=O) groups excluding carboxylic acids is 2. The highest BCUT2D eigenvalue weighted by atomic mass is 16.2. The second-order valence-corrected chi connectivity index (χ2v) is 16.1. The van der Waals surface area contributed by atoms with Gasteiger partial charge in [-0.3, -0.25) is 9.59 Å². The van der Waals surface area contributed by atoms with E-state index >= 15 is 0 Å². The highest BCUT2D eigenvalue weighted by Crippen LogP contribution is 2.29. The highest BCUT2D eigenvalue weighted by molar-refractivity contribution is 5.95. The van der Waals surface area contributed by atoms with Crippen LogP contribution in [0.4, 0.5) is 11.4 Å². The summed E-state index contributed by atoms with van der Waals surface area (Å²) < 4.78 is 4.29. The zero-order chi connectivity index (χ0) is 41.5. The van der Waals surface area contributed by atoms with Crippen LogP contribution in [-0.4, -0.2) is 40.9 Å². The summed E-state index contributed by atoms with van der Waals surface area (Å²) in [5.74, 6) is -0.0694. The molecule has 2 unspecified atom stereocenters. The lowest BCUT2D eigenvalue weighted by Gasteiger charge is -2.19. The number of rotatable bonds is 10. The van der Waals surface area contributed by atoms with Crippen molar-refractivity contribution in [2.24, 2.45) is 17.4 Å². The van der Waals surface area contributed by atoms with E-state index in [0.717, 1.165) is 104 Å². The van der Waals surface area contributed by atoms with E-state index in [1.54, 1.807) is 0 Å². The minimum Gasteiger partial charge on any atom is -0.402 e. The Kier molecular flexibility index (Phi) is 10.6. The van der Waals surface area contributed by atoms with Gasteiger partial charge < -0.3 is 33.6 Å². The molecule has 0 bridgehead atoms. The Morgan fingerprint density at radius 1 is 0.695 bits per heavy atom. The quantitative estimate of drug-likeness (QED) is 0.0617. The zero-order valence-electron chi connectivity index (χ0n) is 34.1. The Balaban J connectivity index is 0.851. The second-order valence-electron chi connectivity index (χ2n) is 16.1. The van der Waals surface area contributed by atoms with E-state index in [1.165, 1.54) is 0 Å². The van der Waals surface area contributed by atoms with Gasteiger partial charge in [0.25, 0.3) is 11.8 Å². The van der Waals surface area contributed by atoms with Gasteiger partial charge in [-0.1, -0.05) is 12.5 Å². The minimum atomic E-state index is -0.135. The number of amides is 2. The lowest BCUT2D eigenvalue weighted by molar-refractivity contribution is -0.577. The van der Waals surface area contributed by atoms with E-state index in [-0.39, 0.29) is 23.8 Å². The fraction of sp³-hybridized carbons (Fsp3) is 0.277. The molecule has 0 fully saturated rings. The summed E-state index contributed by atoms with van der Waals surface area (Å²) in [5.41, 5.74) is 41.0. The van der Waals surface area contributed by atoms with Crippen molar-refractivity contribution in [1.82, 2.24) is 20.6 Å². The van der Waals surface area contributed by atoms with E-state index in [9.17, 15) is 9.59 Å². The second kappa shape index (κ2) is 15.9. The first-order valence-electron chi connectivity index (χ1n) is 20.3. The number of nitrogens with one attached hydrogen (secondary N) is 2. The van der Waals surface area contributed by atoms with Gasteiger partial charge in [0.2, 0.25) is 33.8 Å². The van der Waals surface area contributed by atoms with Gasteiger partial charge in [0.05, 0.1) is 6.42 Å². The van der Waals surface area contributed by atoms with E-state index in [0.29, 0.717) is 42.0 Å². The Hall–Kier alpha value is -6.66. The third-order valence-corrected chi connectivity index (χ3v) is 11.7. The Bertz CT molecular complexity index is 2720. The number of carbonyl (C=O) groups is 2. The molecule has 2 heterocycles. The van der Waals surface area contributed by atoms with Crippen LogP contribution in [0.5, 0.6) is 0 Å². The van der Waals surface area contributed by atoms with Gasteiger partial charge in [-0.15, -0.1) is 0 Å². The fourth-order valence-electron chi connectivity index (χ4n) is 7.99. The predicted molar refractivity (Wildman–Crippen MR) is 234 cm³/mol. The molecule has 4 aromatic carbocycles. The number of nitrogens with zero attached hydrogens (tertiary/aromatic N) is 4. The zero-order valence-corrected chi connectivity index (χ0v) is 34.1. The van der Waals surface area contributed by atoms with Crippen molar-refractivity contribution in [3.63, 3.8) is 0 Å². The predicted octanol–water partition coefficient (Wildman–Crippen LogP) is 5.23. The molecule has 6 aromatic rings. The molecular weight excluding hydrogens is 737 g/mol.